The fraction of sp³-hybridized carbons (Fsp3) is 0.800. The van der Waals surface area contributed by atoms with Crippen molar-refractivity contribution in [1.29, 1.82) is 0 Å². The number of ether oxygens (including phenoxy) is 1. The van der Waals surface area contributed by atoms with Crippen LogP contribution in [-0.2, 0) is 19.4 Å². The van der Waals surface area contributed by atoms with E-state index in [0.717, 1.165) is 6.47 Å². The van der Waals surface area contributed by atoms with Crippen molar-refractivity contribution < 1.29 is 17.9 Å². The molecule has 0 aliphatic rings. The maximum atomic E-state index is 10.8. The molecule has 0 aliphatic heterocycles. The lowest BCUT2D eigenvalue weighted by molar-refractivity contribution is 0.257. The molecule has 10 heavy (non-hydrogen) atoms. The van der Waals surface area contributed by atoms with E-state index in [1.807, 2.05) is 0 Å². The summed E-state index contributed by atoms with van der Waals surface area (Å²) in [7, 11) is -3.25. The van der Waals surface area contributed by atoms with Crippen LogP contribution < -0.4 is 0 Å². The van der Waals surface area contributed by atoms with Crippen LogP contribution in [0.2, 0.25) is 0 Å². The van der Waals surface area contributed by atoms with Crippen LogP contribution in [0.25, 0.3) is 0 Å². The minimum absolute atomic E-state index is 0.0319. The van der Waals surface area contributed by atoms with Crippen molar-refractivity contribution in [3.8, 4) is 0 Å². The van der Waals surface area contributed by atoms with E-state index in [9.17, 15) is 13.2 Å². The highest BCUT2D eigenvalue weighted by molar-refractivity contribution is 7.91. The van der Waals surface area contributed by atoms with Gasteiger partial charge in [-0.2, -0.15) is 0 Å². The molecule has 0 aromatic carbocycles. The molecule has 1 atom stereocenters. The Morgan fingerprint density at radius 1 is 1.60 bits per heavy atom. The van der Waals surface area contributed by atoms with E-state index in [-0.39, 0.29) is 5.75 Å². The fourth-order valence-corrected chi connectivity index (χ4v) is 1.03. The van der Waals surface area contributed by atoms with Crippen LogP contribution >= 0.6 is 0 Å². The molecule has 0 aromatic rings. The fourth-order valence-electron chi connectivity index (χ4n) is 0.376. The number of hydrogen-bond acceptors (Lipinski definition) is 4. The van der Waals surface area contributed by atoms with Gasteiger partial charge < -0.3 is 4.74 Å². The van der Waals surface area contributed by atoms with Gasteiger partial charge in [-0.3, -0.25) is 0 Å². The van der Waals surface area contributed by atoms with Crippen LogP contribution in [0.1, 0.15) is 13.8 Å². The predicted molar refractivity (Wildman–Crippen MR) is 35.7 cm³/mol. The Kier molecular flexibility index (Phi) is 3.35. The third kappa shape index (κ3) is 2.34. The van der Waals surface area contributed by atoms with Crippen LogP contribution in [0.5, 0.6) is 0 Å². The van der Waals surface area contributed by atoms with Crippen LogP contribution in [-0.4, -0.2) is 26.1 Å². The van der Waals surface area contributed by atoms with Crippen LogP contribution in [0, 0.1) is 0 Å². The molecular formula is C5H9O4S. The zero-order chi connectivity index (χ0) is 8.20. The van der Waals surface area contributed by atoms with Crippen LogP contribution in [0.4, 0.5) is 0 Å². The molecule has 0 fully saturated rings. The summed E-state index contributed by atoms with van der Waals surface area (Å²) < 4.78 is 25.7. The maximum Gasteiger partial charge on any atom is 0.418 e. The minimum Gasteiger partial charge on any atom is -0.438 e. The molecule has 0 amide bonds. The summed E-state index contributed by atoms with van der Waals surface area (Å²) in [6.45, 7) is 3.86. The van der Waals surface area contributed by atoms with E-state index in [0.29, 0.717) is 0 Å². The van der Waals surface area contributed by atoms with Gasteiger partial charge in [-0.15, -0.1) is 0 Å². The predicted octanol–water partition coefficient (Wildman–Crippen LogP) is -0.149. The molecule has 5 heteroatoms. The Morgan fingerprint density at radius 3 is 2.40 bits per heavy atom. The number of carbonyl (C=O) groups excluding carboxylic acids is 1. The highest BCUT2D eigenvalue weighted by Crippen LogP contribution is 2.00. The van der Waals surface area contributed by atoms with Gasteiger partial charge in [-0.05, 0) is 6.92 Å². The Labute approximate surface area is 60.1 Å². The molecule has 0 spiro atoms. The van der Waals surface area contributed by atoms with Crippen LogP contribution in [0.15, 0.2) is 0 Å². The van der Waals surface area contributed by atoms with Gasteiger partial charge in [-0.25, -0.2) is 13.2 Å². The Hall–Kier alpha value is -0.580. The van der Waals surface area contributed by atoms with Crippen molar-refractivity contribution in [3.63, 3.8) is 0 Å². The third-order valence-corrected chi connectivity index (χ3v) is 3.03. The smallest absolute Gasteiger partial charge is 0.418 e. The summed E-state index contributed by atoms with van der Waals surface area (Å²) in [6.07, 6.45) is 0. The number of rotatable bonds is 4. The van der Waals surface area contributed by atoms with Gasteiger partial charge in [0, 0.05) is 0 Å². The monoisotopic (exact) mass is 165 g/mol. The lowest BCUT2D eigenvalue weighted by atomic mass is 10.9. The number of sulfone groups is 1. The highest BCUT2D eigenvalue weighted by Gasteiger charge is 2.18. The van der Waals surface area contributed by atoms with Crippen molar-refractivity contribution in [2.24, 2.45) is 0 Å². The highest BCUT2D eigenvalue weighted by atomic mass is 32.2. The van der Waals surface area contributed by atoms with Gasteiger partial charge in [0.05, 0.1) is 5.75 Å². The Bertz CT molecular complexity index is 194. The first kappa shape index (κ1) is 9.42. The van der Waals surface area contributed by atoms with Gasteiger partial charge in [0.25, 0.3) is 0 Å². The van der Waals surface area contributed by atoms with E-state index >= 15 is 0 Å². The number of hydrogen-bond donors (Lipinski definition) is 0. The van der Waals surface area contributed by atoms with E-state index in [1.165, 1.54) is 13.8 Å². The second-order valence-electron chi connectivity index (χ2n) is 1.72. The lowest BCUT2D eigenvalue weighted by Gasteiger charge is -2.06. The van der Waals surface area contributed by atoms with Crippen molar-refractivity contribution in [2.45, 2.75) is 19.3 Å². The molecule has 0 bridgehead atoms. The van der Waals surface area contributed by atoms with E-state index in [4.69, 9.17) is 0 Å². The van der Waals surface area contributed by atoms with Crippen molar-refractivity contribution in [3.05, 3.63) is 0 Å². The average Bonchev–Trinajstić information content (AvgIpc) is 1.89. The lowest BCUT2D eigenvalue weighted by Crippen LogP contribution is -2.22. The summed E-state index contributed by atoms with van der Waals surface area (Å²) >= 11 is 0. The molecular weight excluding hydrogens is 156 g/mol. The second kappa shape index (κ2) is 3.55. The first-order valence-electron chi connectivity index (χ1n) is 2.79. The maximum absolute atomic E-state index is 10.8. The quantitative estimate of drug-likeness (QED) is 0.581. The molecule has 0 heterocycles. The molecule has 59 valence electrons. The molecule has 1 unspecified atom stereocenters. The first-order valence-corrected chi connectivity index (χ1v) is 4.50. The molecule has 0 aliphatic carbocycles. The summed E-state index contributed by atoms with van der Waals surface area (Å²) in [5.74, 6) is -0.0319. The molecule has 0 N–H and O–H groups in total. The molecule has 4 nitrogen and oxygen atoms in total. The average molecular weight is 165 g/mol. The standard InChI is InChI=1S/C5H9O4S/c1-3-10(7,8)5(2)9-4-6/h5H,3H2,1-2H3. The van der Waals surface area contributed by atoms with Crippen LogP contribution in [0.3, 0.4) is 0 Å². The third-order valence-electron chi connectivity index (χ3n) is 1.12. The summed E-state index contributed by atoms with van der Waals surface area (Å²) in [6, 6.07) is 0. The van der Waals surface area contributed by atoms with Gasteiger partial charge in [0.1, 0.15) is 0 Å². The summed E-state index contributed by atoms with van der Waals surface area (Å²) in [5.41, 5.74) is -1.07. The van der Waals surface area contributed by atoms with Gasteiger partial charge in [0.2, 0.25) is 0 Å². The van der Waals surface area contributed by atoms with Gasteiger partial charge >= 0.3 is 6.47 Å². The summed E-state index contributed by atoms with van der Waals surface area (Å²) in [4.78, 5) is 9.57. The minimum atomic E-state index is -3.25. The van der Waals surface area contributed by atoms with Gasteiger partial charge in [-0.1, -0.05) is 6.92 Å². The zero-order valence-electron chi connectivity index (χ0n) is 5.83. The molecule has 0 aromatic heterocycles. The topological polar surface area (TPSA) is 60.4 Å². The second-order valence-corrected chi connectivity index (χ2v) is 4.29. The normalized spacial score (nSPS) is 14.2. The SMILES string of the molecule is CCS(=O)(=O)C(C)O[C]=O. The summed E-state index contributed by atoms with van der Waals surface area (Å²) in [5, 5.41) is 0. The Balaban J connectivity index is 4.19. The molecule has 0 saturated heterocycles. The van der Waals surface area contributed by atoms with Crippen molar-refractivity contribution in [2.75, 3.05) is 5.75 Å². The molecule has 0 saturated carbocycles. The molecule has 1 radical (unpaired) electrons. The zero-order valence-corrected chi connectivity index (χ0v) is 6.64. The van der Waals surface area contributed by atoms with E-state index < -0.39 is 15.3 Å². The van der Waals surface area contributed by atoms with Crippen molar-refractivity contribution in [1.82, 2.24) is 0 Å². The van der Waals surface area contributed by atoms with Gasteiger partial charge in [0.15, 0.2) is 15.3 Å². The van der Waals surface area contributed by atoms with Crippen molar-refractivity contribution >= 4 is 16.3 Å². The van der Waals surface area contributed by atoms with E-state index in [2.05, 4.69) is 4.74 Å². The van der Waals surface area contributed by atoms with E-state index in [1.54, 1.807) is 0 Å². The molecule has 0 rings (SSSR count). The largest absolute Gasteiger partial charge is 0.438 e. The Morgan fingerprint density at radius 2 is 2.10 bits per heavy atom. The first-order chi connectivity index (χ1) is 4.54.